The summed E-state index contributed by atoms with van der Waals surface area (Å²) in [7, 11) is 0. The first-order chi connectivity index (χ1) is 13.3. The van der Waals surface area contributed by atoms with Crippen molar-refractivity contribution in [3.05, 3.63) is 52.8 Å². The first-order valence-electron chi connectivity index (χ1n) is 8.35. The van der Waals surface area contributed by atoms with Crippen LogP contribution in [-0.4, -0.2) is 31.3 Å². The van der Waals surface area contributed by atoms with Crippen molar-refractivity contribution in [1.29, 1.82) is 0 Å². The minimum absolute atomic E-state index is 0.107. The summed E-state index contributed by atoms with van der Waals surface area (Å²) in [4.78, 5) is 20.7. The van der Waals surface area contributed by atoms with Gasteiger partial charge in [-0.25, -0.2) is 4.98 Å². The summed E-state index contributed by atoms with van der Waals surface area (Å²) in [6, 6.07) is 8.56. The van der Waals surface area contributed by atoms with Crippen molar-refractivity contribution in [3.8, 4) is 22.3 Å². The zero-order chi connectivity index (χ0) is 18.2. The van der Waals surface area contributed by atoms with Crippen molar-refractivity contribution in [2.75, 3.05) is 6.61 Å². The van der Waals surface area contributed by atoms with E-state index in [4.69, 9.17) is 14.0 Å². The minimum atomic E-state index is -0.249. The Kier molecular flexibility index (Phi) is 3.91. The molecule has 1 unspecified atom stereocenters. The quantitative estimate of drug-likeness (QED) is 0.530. The van der Waals surface area contributed by atoms with Crippen molar-refractivity contribution in [2.24, 2.45) is 0 Å². The van der Waals surface area contributed by atoms with Gasteiger partial charge in [-0.05, 0) is 48.4 Å². The van der Waals surface area contributed by atoms with Gasteiger partial charge in [-0.3, -0.25) is 4.79 Å². The lowest BCUT2D eigenvalue weighted by Gasteiger charge is -2.02. The molecule has 0 saturated carbocycles. The third-order valence-electron chi connectivity index (χ3n) is 4.12. The molecule has 3 aromatic heterocycles. The van der Waals surface area contributed by atoms with Crippen LogP contribution in [0, 0.1) is 0 Å². The zero-order valence-electron chi connectivity index (χ0n) is 13.9. The second kappa shape index (κ2) is 6.56. The van der Waals surface area contributed by atoms with Crippen LogP contribution < -0.4 is 10.3 Å². The maximum atomic E-state index is 11.7. The van der Waals surface area contributed by atoms with Gasteiger partial charge in [-0.2, -0.15) is 9.50 Å². The summed E-state index contributed by atoms with van der Waals surface area (Å²) in [6.45, 7) is 0.724. The van der Waals surface area contributed by atoms with Gasteiger partial charge in [-0.1, -0.05) is 5.16 Å². The lowest BCUT2D eigenvalue weighted by Crippen LogP contribution is -2.12. The van der Waals surface area contributed by atoms with Crippen LogP contribution in [0.5, 0.6) is 10.9 Å². The van der Waals surface area contributed by atoms with E-state index in [1.54, 1.807) is 12.1 Å². The average molecular weight is 383 g/mol. The first kappa shape index (κ1) is 16.1. The third-order valence-corrected chi connectivity index (χ3v) is 4.92. The molecule has 9 nitrogen and oxygen atoms in total. The highest BCUT2D eigenvalue weighted by molar-refractivity contribution is 7.18. The van der Waals surface area contributed by atoms with E-state index in [0.717, 1.165) is 25.0 Å². The number of fused-ring (bicyclic) bond motifs is 1. The van der Waals surface area contributed by atoms with Gasteiger partial charge >= 0.3 is 0 Å². The molecule has 1 fully saturated rings. The largest absolute Gasteiger partial charge is 0.430 e. The second-order valence-corrected chi connectivity index (χ2v) is 6.85. The second-order valence-electron chi connectivity index (χ2n) is 5.93. The molecule has 0 bridgehead atoms. The molecular weight excluding hydrogens is 370 g/mol. The Morgan fingerprint density at radius 1 is 1.22 bits per heavy atom. The Labute approximate surface area is 156 Å². The van der Waals surface area contributed by atoms with Crippen molar-refractivity contribution in [3.63, 3.8) is 0 Å². The lowest BCUT2D eigenvalue weighted by molar-refractivity contribution is 0.0835. The summed E-state index contributed by atoms with van der Waals surface area (Å²) in [5.41, 5.74) is 0.554. The highest BCUT2D eigenvalue weighted by Crippen LogP contribution is 2.30. The number of nitrogens with zero attached hydrogens (tertiary/aromatic N) is 5. The molecule has 0 N–H and O–H groups in total. The lowest BCUT2D eigenvalue weighted by atomic mass is 10.2. The van der Waals surface area contributed by atoms with Gasteiger partial charge in [0.15, 0.2) is 0 Å². The molecule has 136 valence electrons. The minimum Gasteiger partial charge on any atom is -0.430 e. The molecule has 0 radical (unpaired) electrons. The number of benzene rings is 1. The average Bonchev–Trinajstić information content (AvgIpc) is 3.43. The molecular formula is C17H13N5O4S. The van der Waals surface area contributed by atoms with Gasteiger partial charge in [0, 0.05) is 24.4 Å². The molecule has 10 heteroatoms. The highest BCUT2D eigenvalue weighted by atomic mass is 32.1. The summed E-state index contributed by atoms with van der Waals surface area (Å²) in [5.74, 6) is 1.59. The van der Waals surface area contributed by atoms with Gasteiger partial charge < -0.3 is 14.0 Å². The number of ether oxygens (including phenoxy) is 2. The van der Waals surface area contributed by atoms with Crippen LogP contribution in [0.25, 0.3) is 16.3 Å². The Morgan fingerprint density at radius 3 is 2.89 bits per heavy atom. The molecule has 1 aliphatic heterocycles. The van der Waals surface area contributed by atoms with Crippen molar-refractivity contribution in [2.45, 2.75) is 18.9 Å². The Hall–Kier alpha value is -3.11. The number of rotatable bonds is 4. The molecule has 1 aromatic carbocycles. The summed E-state index contributed by atoms with van der Waals surface area (Å²) in [6.07, 6.45) is 3.24. The fourth-order valence-electron chi connectivity index (χ4n) is 2.80. The van der Waals surface area contributed by atoms with Gasteiger partial charge in [-0.15, -0.1) is 5.10 Å². The Morgan fingerprint density at radius 2 is 2.11 bits per heavy atom. The van der Waals surface area contributed by atoms with Crippen LogP contribution in [0.2, 0.25) is 0 Å². The molecule has 0 aliphatic carbocycles. The van der Waals surface area contributed by atoms with Crippen LogP contribution in [0.15, 0.2) is 45.8 Å². The Bertz CT molecular complexity index is 1140. The molecule has 4 heterocycles. The fraction of sp³-hybridized carbons (Fsp3) is 0.235. The molecule has 5 rings (SSSR count). The normalized spacial score (nSPS) is 16.8. The van der Waals surface area contributed by atoms with Gasteiger partial charge in [0.2, 0.25) is 10.8 Å². The summed E-state index contributed by atoms with van der Waals surface area (Å²) in [5, 5.41) is 8.47. The first-order valence-corrected chi connectivity index (χ1v) is 9.16. The van der Waals surface area contributed by atoms with E-state index in [9.17, 15) is 4.79 Å². The number of aromatic nitrogens is 5. The maximum absolute atomic E-state index is 11.7. The van der Waals surface area contributed by atoms with Crippen LogP contribution in [-0.2, 0) is 4.74 Å². The van der Waals surface area contributed by atoms with Crippen molar-refractivity contribution in [1.82, 2.24) is 24.7 Å². The van der Waals surface area contributed by atoms with Gasteiger partial charge in [0.05, 0.1) is 0 Å². The van der Waals surface area contributed by atoms with E-state index in [2.05, 4.69) is 20.2 Å². The summed E-state index contributed by atoms with van der Waals surface area (Å²) >= 11 is 1.19. The topological polar surface area (TPSA) is 105 Å². The molecule has 4 aromatic rings. The molecule has 0 amide bonds. The van der Waals surface area contributed by atoms with Crippen LogP contribution >= 0.6 is 11.3 Å². The molecule has 0 spiro atoms. The van der Waals surface area contributed by atoms with Crippen molar-refractivity contribution < 1.29 is 14.0 Å². The number of hydrogen-bond acceptors (Lipinski definition) is 9. The SMILES string of the molecule is O=c1ccnc2sc(Oc3ccc(-c4noc(C5CCCO5)n4)cc3)nn12. The zero-order valence-corrected chi connectivity index (χ0v) is 14.8. The standard InChI is InChI=1S/C17H13N5O4S/c23-13-7-8-18-16-22(13)20-17(27-16)25-11-5-3-10(4-6-11)14-19-15(26-21-14)12-2-1-9-24-12/h3-8,12H,1-2,9H2. The molecule has 1 atom stereocenters. The predicted octanol–water partition coefficient (Wildman–Crippen LogP) is 2.84. The van der Waals surface area contributed by atoms with E-state index < -0.39 is 0 Å². The van der Waals surface area contributed by atoms with E-state index in [1.807, 2.05) is 12.1 Å². The van der Waals surface area contributed by atoms with E-state index >= 15 is 0 Å². The predicted molar refractivity (Wildman–Crippen MR) is 94.9 cm³/mol. The van der Waals surface area contributed by atoms with Crippen molar-refractivity contribution >= 4 is 16.3 Å². The fourth-order valence-corrected chi connectivity index (χ4v) is 3.54. The van der Waals surface area contributed by atoms with Crippen LogP contribution in [0.3, 0.4) is 0 Å². The van der Waals surface area contributed by atoms with E-state index in [1.165, 1.54) is 28.1 Å². The summed E-state index contributed by atoms with van der Waals surface area (Å²) < 4.78 is 17.8. The highest BCUT2D eigenvalue weighted by Gasteiger charge is 2.24. The number of hydrogen-bond donors (Lipinski definition) is 0. The molecule has 27 heavy (non-hydrogen) atoms. The van der Waals surface area contributed by atoms with Gasteiger partial charge in [0.1, 0.15) is 11.9 Å². The van der Waals surface area contributed by atoms with E-state index in [0.29, 0.717) is 27.6 Å². The molecule has 1 aliphatic rings. The third kappa shape index (κ3) is 3.09. The van der Waals surface area contributed by atoms with Crippen LogP contribution in [0.4, 0.5) is 0 Å². The van der Waals surface area contributed by atoms with Gasteiger partial charge in [0.25, 0.3) is 16.6 Å². The Balaban J connectivity index is 1.35. The smallest absolute Gasteiger partial charge is 0.299 e. The maximum Gasteiger partial charge on any atom is 0.299 e. The van der Waals surface area contributed by atoms with Crippen LogP contribution in [0.1, 0.15) is 24.8 Å². The monoisotopic (exact) mass is 383 g/mol. The van der Waals surface area contributed by atoms with E-state index in [-0.39, 0.29) is 11.7 Å². The molecule has 1 saturated heterocycles.